The lowest BCUT2D eigenvalue weighted by Crippen LogP contribution is -2.24. The first-order chi connectivity index (χ1) is 7.59. The molecule has 88 valence electrons. The minimum Gasteiger partial charge on any atom is -0.497 e. The molecule has 0 bridgehead atoms. The molecule has 0 N–H and O–H groups in total. The molecule has 16 heavy (non-hydrogen) atoms. The van der Waals surface area contributed by atoms with Gasteiger partial charge in [0.05, 0.1) is 7.11 Å². The molecular weight excluding hydrogens is 264 g/mol. The number of hydrogen-bond donors (Lipinski definition) is 0. The maximum absolute atomic E-state index is 5.32. The van der Waals surface area contributed by atoms with Crippen molar-refractivity contribution in [1.82, 2.24) is 0 Å². The Morgan fingerprint density at radius 2 is 2.19 bits per heavy atom. The van der Waals surface area contributed by atoms with Gasteiger partial charge in [0.15, 0.2) is 0 Å². The first-order valence-electron chi connectivity index (χ1n) is 5.83. The van der Waals surface area contributed by atoms with Crippen LogP contribution in [0.1, 0.15) is 31.4 Å². The van der Waals surface area contributed by atoms with E-state index in [4.69, 9.17) is 4.74 Å². The highest BCUT2D eigenvalue weighted by Crippen LogP contribution is 2.45. The van der Waals surface area contributed by atoms with E-state index in [0.29, 0.717) is 0 Å². The molecular formula is C14H19BrO. The number of hydrogen-bond acceptors (Lipinski definition) is 1. The van der Waals surface area contributed by atoms with Crippen LogP contribution in [-0.4, -0.2) is 12.4 Å². The molecule has 2 rings (SSSR count). The van der Waals surface area contributed by atoms with Gasteiger partial charge in [0.1, 0.15) is 5.75 Å². The number of alkyl halides is 1. The molecule has 1 atom stereocenters. The summed E-state index contributed by atoms with van der Waals surface area (Å²) in [6, 6.07) is 6.51. The predicted molar refractivity (Wildman–Crippen MR) is 71.6 cm³/mol. The van der Waals surface area contributed by atoms with Gasteiger partial charge < -0.3 is 4.74 Å². The average molecular weight is 283 g/mol. The van der Waals surface area contributed by atoms with Gasteiger partial charge >= 0.3 is 0 Å². The van der Waals surface area contributed by atoms with Crippen LogP contribution in [0.5, 0.6) is 5.75 Å². The van der Waals surface area contributed by atoms with E-state index >= 15 is 0 Å². The van der Waals surface area contributed by atoms with Crippen molar-refractivity contribution < 1.29 is 4.74 Å². The van der Waals surface area contributed by atoms with E-state index in [1.54, 1.807) is 7.11 Å². The quantitative estimate of drug-likeness (QED) is 0.764. The molecule has 0 aromatic heterocycles. The Balaban J connectivity index is 2.37. The third-order valence-corrected chi connectivity index (χ3v) is 4.41. The zero-order valence-corrected chi connectivity index (χ0v) is 11.8. The molecule has 1 aliphatic carbocycles. The number of rotatable bonds is 3. The van der Waals surface area contributed by atoms with Crippen molar-refractivity contribution in [1.29, 1.82) is 0 Å². The van der Waals surface area contributed by atoms with Crippen LogP contribution in [0.25, 0.3) is 0 Å². The van der Waals surface area contributed by atoms with Crippen LogP contribution >= 0.6 is 15.9 Å². The van der Waals surface area contributed by atoms with E-state index in [1.165, 1.54) is 24.0 Å². The average Bonchev–Trinajstić information content (AvgIpc) is 2.51. The Labute approximate surface area is 106 Å². The standard InChI is InChI=1S/C14H19BrO/c1-14(2)11(6-7-15)8-10-4-5-12(16-3)9-13(10)14/h4-5,9,11H,6-8H2,1-3H3. The summed E-state index contributed by atoms with van der Waals surface area (Å²) in [5.74, 6) is 1.72. The summed E-state index contributed by atoms with van der Waals surface area (Å²) in [4.78, 5) is 0. The predicted octanol–water partition coefficient (Wildman–Crippen LogP) is 3.93. The van der Waals surface area contributed by atoms with Crippen molar-refractivity contribution in [2.24, 2.45) is 5.92 Å². The maximum atomic E-state index is 5.32. The fourth-order valence-electron chi connectivity index (χ4n) is 2.80. The van der Waals surface area contributed by atoms with Crippen LogP contribution in [0.15, 0.2) is 18.2 Å². The highest BCUT2D eigenvalue weighted by atomic mass is 79.9. The molecule has 0 aliphatic heterocycles. The van der Waals surface area contributed by atoms with E-state index in [1.807, 2.05) is 0 Å². The van der Waals surface area contributed by atoms with Gasteiger partial charge in [-0.2, -0.15) is 0 Å². The summed E-state index contributed by atoms with van der Waals surface area (Å²) in [6.45, 7) is 4.71. The molecule has 0 amide bonds. The third-order valence-electron chi connectivity index (χ3n) is 3.96. The summed E-state index contributed by atoms with van der Waals surface area (Å²) in [6.07, 6.45) is 2.45. The molecule has 0 heterocycles. The highest BCUT2D eigenvalue weighted by Gasteiger charge is 2.38. The van der Waals surface area contributed by atoms with Gasteiger partial charge in [0.25, 0.3) is 0 Å². The summed E-state index contributed by atoms with van der Waals surface area (Å²) in [5, 5.41) is 1.09. The fraction of sp³-hybridized carbons (Fsp3) is 0.571. The number of halogens is 1. The van der Waals surface area contributed by atoms with Crippen molar-refractivity contribution in [3.63, 3.8) is 0 Å². The second kappa shape index (κ2) is 4.40. The number of ether oxygens (including phenoxy) is 1. The second-order valence-corrected chi connectivity index (χ2v) is 5.92. The Hall–Kier alpha value is -0.500. The number of fused-ring (bicyclic) bond motifs is 1. The fourth-order valence-corrected chi connectivity index (χ4v) is 3.35. The Bertz CT molecular complexity index is 384. The molecule has 2 heteroatoms. The van der Waals surface area contributed by atoms with Gasteiger partial charge in [-0.3, -0.25) is 0 Å². The summed E-state index contributed by atoms with van der Waals surface area (Å²) in [5.41, 5.74) is 3.24. The monoisotopic (exact) mass is 282 g/mol. The first-order valence-corrected chi connectivity index (χ1v) is 6.95. The molecule has 1 unspecified atom stereocenters. The van der Waals surface area contributed by atoms with Gasteiger partial charge in [-0.25, -0.2) is 0 Å². The van der Waals surface area contributed by atoms with E-state index in [0.717, 1.165) is 17.0 Å². The van der Waals surface area contributed by atoms with Gasteiger partial charge in [-0.1, -0.05) is 35.8 Å². The molecule has 0 saturated heterocycles. The van der Waals surface area contributed by atoms with Crippen LogP contribution in [-0.2, 0) is 11.8 Å². The molecule has 0 spiro atoms. The van der Waals surface area contributed by atoms with Gasteiger partial charge in [0, 0.05) is 5.33 Å². The zero-order valence-electron chi connectivity index (χ0n) is 10.2. The van der Waals surface area contributed by atoms with Crippen molar-refractivity contribution in [2.75, 3.05) is 12.4 Å². The minimum atomic E-state index is 0.275. The van der Waals surface area contributed by atoms with Crippen LogP contribution in [0.4, 0.5) is 0 Å². The van der Waals surface area contributed by atoms with Crippen molar-refractivity contribution in [3.8, 4) is 5.75 Å². The Kier molecular flexibility index (Phi) is 3.29. The Morgan fingerprint density at radius 3 is 2.81 bits per heavy atom. The van der Waals surface area contributed by atoms with Crippen molar-refractivity contribution in [3.05, 3.63) is 29.3 Å². The molecule has 1 aliphatic rings. The summed E-state index contributed by atoms with van der Waals surface area (Å²) in [7, 11) is 1.74. The smallest absolute Gasteiger partial charge is 0.119 e. The molecule has 1 aromatic carbocycles. The lowest BCUT2D eigenvalue weighted by molar-refractivity contribution is 0.341. The lowest BCUT2D eigenvalue weighted by Gasteiger charge is -2.28. The summed E-state index contributed by atoms with van der Waals surface area (Å²) < 4.78 is 5.32. The maximum Gasteiger partial charge on any atom is 0.119 e. The van der Waals surface area contributed by atoms with E-state index < -0.39 is 0 Å². The molecule has 0 radical (unpaired) electrons. The Morgan fingerprint density at radius 1 is 1.44 bits per heavy atom. The molecule has 1 aromatic rings. The van der Waals surface area contributed by atoms with Gasteiger partial charge in [-0.05, 0) is 47.4 Å². The second-order valence-electron chi connectivity index (χ2n) is 5.12. The lowest BCUT2D eigenvalue weighted by atomic mass is 9.77. The van der Waals surface area contributed by atoms with Gasteiger partial charge in [-0.15, -0.1) is 0 Å². The van der Waals surface area contributed by atoms with Crippen LogP contribution in [0.2, 0.25) is 0 Å². The van der Waals surface area contributed by atoms with E-state index in [2.05, 4.69) is 48.0 Å². The summed E-state index contributed by atoms with van der Waals surface area (Å²) >= 11 is 3.56. The van der Waals surface area contributed by atoms with E-state index in [-0.39, 0.29) is 5.41 Å². The first kappa shape index (κ1) is 12.0. The normalized spacial score (nSPS) is 21.9. The topological polar surface area (TPSA) is 9.23 Å². The van der Waals surface area contributed by atoms with E-state index in [9.17, 15) is 0 Å². The zero-order chi connectivity index (χ0) is 11.8. The van der Waals surface area contributed by atoms with Crippen molar-refractivity contribution in [2.45, 2.75) is 32.1 Å². The minimum absolute atomic E-state index is 0.275. The van der Waals surface area contributed by atoms with Crippen LogP contribution in [0, 0.1) is 5.92 Å². The SMILES string of the molecule is COc1ccc2c(c1)C(C)(C)C(CCBr)C2. The highest BCUT2D eigenvalue weighted by molar-refractivity contribution is 9.09. The van der Waals surface area contributed by atoms with Crippen LogP contribution < -0.4 is 4.74 Å². The number of methoxy groups -OCH3 is 1. The molecule has 1 nitrogen and oxygen atoms in total. The van der Waals surface area contributed by atoms with Gasteiger partial charge in [0.2, 0.25) is 0 Å². The molecule has 0 saturated carbocycles. The largest absolute Gasteiger partial charge is 0.497 e. The van der Waals surface area contributed by atoms with Crippen LogP contribution in [0.3, 0.4) is 0 Å². The molecule has 0 fully saturated rings. The number of benzene rings is 1. The van der Waals surface area contributed by atoms with Crippen molar-refractivity contribution >= 4 is 15.9 Å². The third kappa shape index (κ3) is 1.88.